The molecule has 0 atom stereocenters. The lowest BCUT2D eigenvalue weighted by Crippen LogP contribution is -2.36. The second-order valence-corrected chi connectivity index (χ2v) is 10.5. The van der Waals surface area contributed by atoms with Crippen LogP contribution in [0.15, 0.2) is 57.0 Å². The van der Waals surface area contributed by atoms with E-state index in [0.717, 1.165) is 43.8 Å². The minimum absolute atomic E-state index is 0.114. The highest BCUT2D eigenvalue weighted by atomic mass is 32.2. The molecular formula is C23H28N4O5S2. The predicted octanol–water partition coefficient (Wildman–Crippen LogP) is 3.43. The van der Waals surface area contributed by atoms with E-state index in [1.807, 2.05) is 24.3 Å². The number of oxazole rings is 1. The van der Waals surface area contributed by atoms with E-state index < -0.39 is 10.0 Å². The number of ether oxygens (including phenoxy) is 1. The third kappa shape index (κ3) is 5.54. The standard InChI is InChI=1S/C23H28N4O5S2/c1-3-27(4-2)34(29,30)19-9-10-21-20(15-19)25-23(32-21)33-16-22(28)24-17-5-7-18(8-6-17)26-11-13-31-14-12-26/h5-10,15H,3-4,11-14,16H2,1-2H3,(H,24,28). The predicted molar refractivity (Wildman–Crippen MR) is 133 cm³/mol. The zero-order valence-corrected chi connectivity index (χ0v) is 20.8. The van der Waals surface area contributed by atoms with Crippen molar-refractivity contribution < 1.29 is 22.4 Å². The van der Waals surface area contributed by atoms with Gasteiger partial charge in [0.05, 0.1) is 23.9 Å². The highest BCUT2D eigenvalue weighted by molar-refractivity contribution is 7.99. The molecule has 11 heteroatoms. The lowest BCUT2D eigenvalue weighted by molar-refractivity contribution is -0.113. The van der Waals surface area contributed by atoms with Gasteiger partial charge in [-0.25, -0.2) is 13.4 Å². The maximum atomic E-state index is 12.7. The molecule has 2 heterocycles. The largest absolute Gasteiger partial charge is 0.431 e. The molecule has 1 fully saturated rings. The topological polar surface area (TPSA) is 105 Å². The Bertz CT molecular complexity index is 1230. The molecular weight excluding hydrogens is 476 g/mol. The second-order valence-electron chi connectivity index (χ2n) is 7.68. The van der Waals surface area contributed by atoms with E-state index in [-0.39, 0.29) is 16.6 Å². The number of morpholine rings is 1. The number of hydrogen-bond donors (Lipinski definition) is 1. The van der Waals surface area contributed by atoms with Gasteiger partial charge in [0.15, 0.2) is 5.58 Å². The van der Waals surface area contributed by atoms with Crippen LogP contribution in [0.4, 0.5) is 11.4 Å². The molecule has 0 aliphatic carbocycles. The first-order valence-corrected chi connectivity index (χ1v) is 13.6. The number of nitrogens with zero attached hydrogens (tertiary/aromatic N) is 3. The molecule has 2 aromatic carbocycles. The molecule has 3 aromatic rings. The average molecular weight is 505 g/mol. The van der Waals surface area contributed by atoms with Crippen molar-refractivity contribution in [2.45, 2.75) is 24.0 Å². The van der Waals surface area contributed by atoms with Crippen molar-refractivity contribution in [1.82, 2.24) is 9.29 Å². The van der Waals surface area contributed by atoms with Crippen molar-refractivity contribution in [3.05, 3.63) is 42.5 Å². The Balaban J connectivity index is 1.36. The first-order chi connectivity index (χ1) is 16.4. The zero-order valence-electron chi connectivity index (χ0n) is 19.2. The van der Waals surface area contributed by atoms with E-state index in [0.29, 0.717) is 35.1 Å². The molecule has 1 N–H and O–H groups in total. The molecule has 1 aliphatic heterocycles. The van der Waals surface area contributed by atoms with Gasteiger partial charge in [-0.15, -0.1) is 0 Å². The van der Waals surface area contributed by atoms with Gasteiger partial charge in [-0.3, -0.25) is 4.79 Å². The number of amides is 1. The third-order valence-corrected chi connectivity index (χ3v) is 8.41. The molecule has 1 aromatic heterocycles. The summed E-state index contributed by atoms with van der Waals surface area (Å²) in [6.45, 7) is 7.54. The van der Waals surface area contributed by atoms with Crippen LogP contribution >= 0.6 is 11.8 Å². The Morgan fingerprint density at radius 1 is 1.12 bits per heavy atom. The van der Waals surface area contributed by atoms with Gasteiger partial charge in [0.25, 0.3) is 5.22 Å². The van der Waals surface area contributed by atoms with Gasteiger partial charge in [0, 0.05) is 37.6 Å². The van der Waals surface area contributed by atoms with Crippen LogP contribution in [0, 0.1) is 0 Å². The van der Waals surface area contributed by atoms with Gasteiger partial charge in [-0.2, -0.15) is 4.31 Å². The Morgan fingerprint density at radius 3 is 2.50 bits per heavy atom. The Labute approximate surface area is 203 Å². The highest BCUT2D eigenvalue weighted by Crippen LogP contribution is 2.27. The van der Waals surface area contributed by atoms with Crippen LogP contribution in [0.5, 0.6) is 0 Å². The minimum Gasteiger partial charge on any atom is -0.431 e. The van der Waals surface area contributed by atoms with Gasteiger partial charge in [0.1, 0.15) is 5.52 Å². The van der Waals surface area contributed by atoms with Crippen molar-refractivity contribution in [3.8, 4) is 0 Å². The summed E-state index contributed by atoms with van der Waals surface area (Å²) < 4.78 is 37.9. The monoisotopic (exact) mass is 504 g/mol. The number of nitrogens with one attached hydrogen (secondary N) is 1. The fraction of sp³-hybridized carbons (Fsp3) is 0.391. The van der Waals surface area contributed by atoms with Crippen LogP contribution in [0.1, 0.15) is 13.8 Å². The number of fused-ring (bicyclic) bond motifs is 1. The summed E-state index contributed by atoms with van der Waals surface area (Å²) in [5, 5.41) is 3.18. The van der Waals surface area contributed by atoms with Crippen LogP contribution in [0.2, 0.25) is 0 Å². The van der Waals surface area contributed by atoms with Gasteiger partial charge in [-0.1, -0.05) is 25.6 Å². The zero-order chi connectivity index (χ0) is 24.1. The Hall–Kier alpha value is -2.60. The Kier molecular flexibility index (Phi) is 7.77. The molecule has 0 unspecified atom stereocenters. The van der Waals surface area contributed by atoms with Crippen molar-refractivity contribution in [1.29, 1.82) is 0 Å². The normalized spacial score (nSPS) is 14.6. The highest BCUT2D eigenvalue weighted by Gasteiger charge is 2.23. The quantitative estimate of drug-likeness (QED) is 0.442. The minimum atomic E-state index is -3.58. The molecule has 1 saturated heterocycles. The summed E-state index contributed by atoms with van der Waals surface area (Å²) in [6, 6.07) is 12.3. The number of carbonyl (C=O) groups excluding carboxylic acids is 1. The van der Waals surface area contributed by atoms with Gasteiger partial charge in [0.2, 0.25) is 15.9 Å². The third-order valence-electron chi connectivity index (χ3n) is 5.54. The molecule has 34 heavy (non-hydrogen) atoms. The molecule has 0 radical (unpaired) electrons. The van der Waals surface area contributed by atoms with Crippen LogP contribution < -0.4 is 10.2 Å². The first kappa shape index (κ1) is 24.5. The van der Waals surface area contributed by atoms with Crippen molar-refractivity contribution >= 4 is 50.2 Å². The number of carbonyl (C=O) groups is 1. The lowest BCUT2D eigenvalue weighted by atomic mass is 10.2. The molecule has 0 bridgehead atoms. The van der Waals surface area contributed by atoms with Gasteiger partial charge in [-0.05, 0) is 42.5 Å². The van der Waals surface area contributed by atoms with Gasteiger partial charge < -0.3 is 19.4 Å². The molecule has 9 nitrogen and oxygen atoms in total. The van der Waals surface area contributed by atoms with E-state index >= 15 is 0 Å². The average Bonchev–Trinajstić information content (AvgIpc) is 3.27. The second kappa shape index (κ2) is 10.8. The number of benzene rings is 2. The molecule has 0 spiro atoms. The number of anilines is 2. The molecule has 182 valence electrons. The van der Waals surface area contributed by atoms with Crippen LogP contribution in [0.3, 0.4) is 0 Å². The fourth-order valence-electron chi connectivity index (χ4n) is 3.72. The maximum absolute atomic E-state index is 12.7. The van der Waals surface area contributed by atoms with Crippen LogP contribution in [-0.4, -0.2) is 68.8 Å². The van der Waals surface area contributed by atoms with E-state index in [9.17, 15) is 13.2 Å². The summed E-state index contributed by atoms with van der Waals surface area (Å²) in [6.07, 6.45) is 0. The number of rotatable bonds is 9. The van der Waals surface area contributed by atoms with E-state index in [4.69, 9.17) is 9.15 Å². The summed E-state index contributed by atoms with van der Waals surface area (Å²) in [5.74, 6) is -0.0704. The molecule has 4 rings (SSSR count). The van der Waals surface area contributed by atoms with Crippen molar-refractivity contribution in [3.63, 3.8) is 0 Å². The molecule has 1 aliphatic rings. The first-order valence-electron chi connectivity index (χ1n) is 11.2. The smallest absolute Gasteiger partial charge is 0.257 e. The van der Waals surface area contributed by atoms with E-state index in [2.05, 4.69) is 15.2 Å². The molecule has 1 amide bonds. The molecule has 0 saturated carbocycles. The summed E-state index contributed by atoms with van der Waals surface area (Å²) >= 11 is 1.16. The van der Waals surface area contributed by atoms with E-state index in [1.165, 1.54) is 16.4 Å². The lowest BCUT2D eigenvalue weighted by Gasteiger charge is -2.28. The number of sulfonamides is 1. The van der Waals surface area contributed by atoms with Crippen molar-refractivity contribution in [2.24, 2.45) is 0 Å². The SMILES string of the molecule is CCN(CC)S(=O)(=O)c1ccc2oc(SCC(=O)Nc3ccc(N4CCOCC4)cc3)nc2c1. The fourth-order valence-corrected chi connectivity index (χ4v) is 5.84. The van der Waals surface area contributed by atoms with Crippen LogP contribution in [-0.2, 0) is 19.6 Å². The maximum Gasteiger partial charge on any atom is 0.257 e. The van der Waals surface area contributed by atoms with E-state index in [1.54, 1.807) is 19.9 Å². The van der Waals surface area contributed by atoms with Gasteiger partial charge >= 0.3 is 0 Å². The Morgan fingerprint density at radius 2 is 1.82 bits per heavy atom. The number of aromatic nitrogens is 1. The summed E-state index contributed by atoms with van der Waals surface area (Å²) in [7, 11) is -3.58. The van der Waals surface area contributed by atoms with Crippen LogP contribution in [0.25, 0.3) is 11.1 Å². The summed E-state index contributed by atoms with van der Waals surface area (Å²) in [4.78, 5) is 19.2. The van der Waals surface area contributed by atoms with Crippen molar-refractivity contribution in [2.75, 3.05) is 55.4 Å². The number of thioether (sulfide) groups is 1. The number of hydrogen-bond acceptors (Lipinski definition) is 8. The summed E-state index contributed by atoms with van der Waals surface area (Å²) in [5.41, 5.74) is 2.73.